The van der Waals surface area contributed by atoms with Crippen LogP contribution in [0.2, 0.25) is 0 Å². The SMILES string of the molecule is CCOc1ccc(NC(=S)n2c(C)cc(=O)n2/C=C2\SC(=S)N(c3ccccc3)C2=O)cc1. The quantitative estimate of drug-likeness (QED) is 0.413. The summed E-state index contributed by atoms with van der Waals surface area (Å²) < 4.78 is 8.72. The maximum Gasteiger partial charge on any atom is 0.272 e. The molecule has 1 aliphatic rings. The molecule has 0 atom stereocenters. The van der Waals surface area contributed by atoms with E-state index in [1.165, 1.54) is 21.8 Å². The lowest BCUT2D eigenvalue weighted by molar-refractivity contribution is -0.113. The zero-order chi connectivity index (χ0) is 23.5. The van der Waals surface area contributed by atoms with Crippen LogP contribution in [-0.4, -0.2) is 31.3 Å². The van der Waals surface area contributed by atoms with Crippen molar-refractivity contribution < 1.29 is 9.53 Å². The van der Waals surface area contributed by atoms with Crippen molar-refractivity contribution in [2.24, 2.45) is 0 Å². The molecule has 0 radical (unpaired) electrons. The van der Waals surface area contributed by atoms with E-state index in [1.807, 2.05) is 61.5 Å². The van der Waals surface area contributed by atoms with Crippen LogP contribution in [0.25, 0.3) is 6.20 Å². The van der Waals surface area contributed by atoms with Gasteiger partial charge in [-0.25, -0.2) is 9.36 Å². The first kappa shape index (κ1) is 23.0. The van der Waals surface area contributed by atoms with Crippen LogP contribution in [0, 0.1) is 6.92 Å². The van der Waals surface area contributed by atoms with Gasteiger partial charge in [-0.2, -0.15) is 0 Å². The topological polar surface area (TPSA) is 68.5 Å². The lowest BCUT2D eigenvalue weighted by atomic mass is 10.3. The first-order valence-corrected chi connectivity index (χ1v) is 11.7. The summed E-state index contributed by atoms with van der Waals surface area (Å²) in [5.74, 6) is 0.461. The van der Waals surface area contributed by atoms with Gasteiger partial charge in [-0.3, -0.25) is 14.5 Å². The predicted octanol–water partition coefficient (Wildman–Crippen LogP) is 4.47. The third-order valence-electron chi connectivity index (χ3n) is 4.76. The number of carbonyl (C=O) groups is 1. The maximum atomic E-state index is 13.1. The van der Waals surface area contributed by atoms with Gasteiger partial charge in [-0.15, -0.1) is 0 Å². The molecule has 10 heteroatoms. The van der Waals surface area contributed by atoms with Crippen molar-refractivity contribution in [3.63, 3.8) is 0 Å². The molecule has 168 valence electrons. The van der Waals surface area contributed by atoms with E-state index < -0.39 is 0 Å². The number of benzene rings is 2. The van der Waals surface area contributed by atoms with Crippen LogP contribution in [0.4, 0.5) is 11.4 Å². The van der Waals surface area contributed by atoms with Crippen molar-refractivity contribution in [2.75, 3.05) is 16.8 Å². The molecule has 4 rings (SSSR count). The van der Waals surface area contributed by atoms with Gasteiger partial charge in [0.05, 0.1) is 23.4 Å². The van der Waals surface area contributed by atoms with E-state index in [0.29, 0.717) is 27.2 Å². The highest BCUT2D eigenvalue weighted by molar-refractivity contribution is 8.27. The van der Waals surface area contributed by atoms with Gasteiger partial charge >= 0.3 is 0 Å². The summed E-state index contributed by atoms with van der Waals surface area (Å²) in [5, 5.41) is 3.41. The highest BCUT2D eigenvalue weighted by Gasteiger charge is 2.33. The van der Waals surface area contributed by atoms with Gasteiger partial charge in [0, 0.05) is 17.4 Å². The average molecular weight is 497 g/mol. The Hall–Kier alpha value is -3.21. The van der Waals surface area contributed by atoms with E-state index in [2.05, 4.69) is 5.32 Å². The molecule has 1 saturated heterocycles. The smallest absolute Gasteiger partial charge is 0.272 e. The van der Waals surface area contributed by atoms with Crippen LogP contribution >= 0.6 is 36.2 Å². The van der Waals surface area contributed by atoms with Gasteiger partial charge in [0.1, 0.15) is 5.75 Å². The molecule has 1 N–H and O–H groups in total. The number of amides is 1. The van der Waals surface area contributed by atoms with E-state index in [-0.39, 0.29) is 16.6 Å². The summed E-state index contributed by atoms with van der Waals surface area (Å²) in [5.41, 5.74) is 1.73. The molecule has 2 aromatic carbocycles. The Morgan fingerprint density at radius 1 is 1.12 bits per heavy atom. The van der Waals surface area contributed by atoms with Crippen LogP contribution < -0.4 is 20.5 Å². The standard InChI is InChI=1S/C23H20N4O3S3/c1-3-30-18-11-9-16(10-12-18)24-22(31)27-15(2)13-20(28)25(27)14-19-21(29)26(23(32)33-19)17-7-5-4-6-8-17/h4-14H,3H2,1-2H3,(H,24,31)/b19-14-. The van der Waals surface area contributed by atoms with Gasteiger partial charge in [0.25, 0.3) is 11.5 Å². The molecular weight excluding hydrogens is 476 g/mol. The summed E-state index contributed by atoms with van der Waals surface area (Å²) in [6.45, 7) is 4.27. The molecule has 1 aromatic heterocycles. The fraction of sp³-hybridized carbons (Fsp3) is 0.130. The highest BCUT2D eigenvalue weighted by Crippen LogP contribution is 2.35. The van der Waals surface area contributed by atoms with Crippen molar-refractivity contribution in [2.45, 2.75) is 13.8 Å². The summed E-state index contributed by atoms with van der Waals surface area (Å²) in [7, 11) is 0. The molecule has 0 unspecified atom stereocenters. The van der Waals surface area contributed by atoms with Gasteiger partial charge < -0.3 is 10.1 Å². The van der Waals surface area contributed by atoms with Crippen LogP contribution in [0.5, 0.6) is 5.75 Å². The second-order valence-corrected chi connectivity index (χ2v) is 9.07. The largest absolute Gasteiger partial charge is 0.494 e. The van der Waals surface area contributed by atoms with E-state index in [4.69, 9.17) is 29.2 Å². The Morgan fingerprint density at radius 3 is 2.48 bits per heavy atom. The molecule has 1 amide bonds. The molecule has 0 saturated carbocycles. The maximum absolute atomic E-state index is 13.1. The molecule has 33 heavy (non-hydrogen) atoms. The number of ether oxygens (including phenoxy) is 1. The van der Waals surface area contributed by atoms with Crippen LogP contribution in [-0.2, 0) is 4.79 Å². The summed E-state index contributed by atoms with van der Waals surface area (Å²) in [6.07, 6.45) is 1.48. The van der Waals surface area contributed by atoms with E-state index in [0.717, 1.165) is 23.2 Å². The Labute approximate surface area is 205 Å². The fourth-order valence-corrected chi connectivity index (χ4v) is 4.91. The number of anilines is 2. The second-order valence-electron chi connectivity index (χ2n) is 7.01. The number of thiocarbonyl (C=S) groups is 2. The number of thioether (sulfide) groups is 1. The molecule has 7 nitrogen and oxygen atoms in total. The lowest BCUT2D eigenvalue weighted by Gasteiger charge is -2.15. The number of rotatable bonds is 5. The van der Waals surface area contributed by atoms with Gasteiger partial charge in [-0.05, 0) is 62.5 Å². The second kappa shape index (κ2) is 9.74. The number of hydrogen-bond acceptors (Lipinski definition) is 6. The van der Waals surface area contributed by atoms with Crippen molar-refractivity contribution in [3.05, 3.63) is 81.6 Å². The first-order chi connectivity index (χ1) is 15.9. The van der Waals surface area contributed by atoms with Gasteiger partial charge in [0.2, 0.25) is 0 Å². The number of aromatic nitrogens is 2. The number of aryl methyl sites for hydroxylation is 1. The third kappa shape index (κ3) is 4.77. The van der Waals surface area contributed by atoms with Crippen molar-refractivity contribution in [1.29, 1.82) is 0 Å². The normalized spacial score (nSPS) is 14.7. The zero-order valence-corrected chi connectivity index (χ0v) is 20.3. The van der Waals surface area contributed by atoms with Crippen LogP contribution in [0.15, 0.2) is 70.4 Å². The van der Waals surface area contributed by atoms with Gasteiger partial charge in [-0.1, -0.05) is 42.2 Å². The van der Waals surface area contributed by atoms with Crippen LogP contribution in [0.1, 0.15) is 12.6 Å². The minimum absolute atomic E-state index is 0.286. The first-order valence-electron chi connectivity index (χ1n) is 10.1. The van der Waals surface area contributed by atoms with E-state index >= 15 is 0 Å². The zero-order valence-electron chi connectivity index (χ0n) is 17.8. The highest BCUT2D eigenvalue weighted by atomic mass is 32.2. The number of nitrogens with one attached hydrogen (secondary N) is 1. The molecule has 2 heterocycles. The van der Waals surface area contributed by atoms with Crippen molar-refractivity contribution in [3.8, 4) is 5.75 Å². The number of hydrogen-bond donors (Lipinski definition) is 1. The molecule has 3 aromatic rings. The molecular formula is C23H20N4O3S3. The summed E-state index contributed by atoms with van der Waals surface area (Å²) >= 11 is 12.1. The van der Waals surface area contributed by atoms with Crippen molar-refractivity contribution >= 4 is 69.1 Å². The molecule has 0 aliphatic carbocycles. The van der Waals surface area contributed by atoms with Crippen molar-refractivity contribution in [1.82, 2.24) is 9.36 Å². The molecule has 0 bridgehead atoms. The Morgan fingerprint density at radius 2 is 1.82 bits per heavy atom. The monoisotopic (exact) mass is 496 g/mol. The van der Waals surface area contributed by atoms with Crippen LogP contribution in [0.3, 0.4) is 0 Å². The fourth-order valence-electron chi connectivity index (χ4n) is 3.30. The molecule has 1 fully saturated rings. The minimum Gasteiger partial charge on any atom is -0.494 e. The molecule has 1 aliphatic heterocycles. The summed E-state index contributed by atoms with van der Waals surface area (Å²) in [4.78, 5) is 27.5. The number of nitrogens with zero attached hydrogens (tertiary/aromatic N) is 3. The lowest BCUT2D eigenvalue weighted by Crippen LogP contribution is -2.30. The Bertz CT molecular complexity index is 1310. The summed E-state index contributed by atoms with van der Waals surface area (Å²) in [6, 6.07) is 17.9. The average Bonchev–Trinajstić information content (AvgIpc) is 3.24. The minimum atomic E-state index is -0.312. The Kier molecular flexibility index (Phi) is 6.77. The van der Waals surface area contributed by atoms with Gasteiger partial charge in [0.15, 0.2) is 9.43 Å². The molecule has 0 spiro atoms. The number of carbonyl (C=O) groups excluding carboxylic acids is 1. The third-order valence-corrected chi connectivity index (χ3v) is 6.33. The predicted molar refractivity (Wildman–Crippen MR) is 141 cm³/mol. The Balaban J connectivity index is 1.63. The number of para-hydroxylation sites is 1. The van der Waals surface area contributed by atoms with E-state index in [1.54, 1.807) is 11.6 Å². The van der Waals surface area contributed by atoms with E-state index in [9.17, 15) is 9.59 Å².